The van der Waals surface area contributed by atoms with Crippen LogP contribution in [0.5, 0.6) is 0 Å². The van der Waals surface area contributed by atoms with Crippen LogP contribution < -0.4 is 10.6 Å². The summed E-state index contributed by atoms with van der Waals surface area (Å²) in [7, 11) is 0. The number of hydrogen-bond donors (Lipinski definition) is 2. The Morgan fingerprint density at radius 1 is 1.19 bits per heavy atom. The van der Waals surface area contributed by atoms with Crippen molar-refractivity contribution in [1.82, 2.24) is 10.6 Å². The molecule has 0 aromatic heterocycles. The third-order valence-corrected chi connectivity index (χ3v) is 3.13. The first kappa shape index (κ1) is 11.6. The fourth-order valence-corrected chi connectivity index (χ4v) is 2.11. The van der Waals surface area contributed by atoms with Crippen molar-refractivity contribution in [3.63, 3.8) is 0 Å². The van der Waals surface area contributed by atoms with E-state index in [0.29, 0.717) is 0 Å². The van der Waals surface area contributed by atoms with E-state index in [1.165, 1.54) is 25.0 Å². The molecule has 1 aliphatic heterocycles. The third kappa shape index (κ3) is 3.58. The minimum Gasteiger partial charge on any atom is -0.317 e. The van der Waals surface area contributed by atoms with Gasteiger partial charge in [0.15, 0.2) is 0 Å². The molecule has 0 aliphatic carbocycles. The zero-order valence-corrected chi connectivity index (χ0v) is 9.51. The summed E-state index contributed by atoms with van der Waals surface area (Å²) in [5.74, 6) is 0.629. The van der Waals surface area contributed by atoms with Crippen LogP contribution in [-0.2, 0) is 6.54 Å². The fourth-order valence-electron chi connectivity index (χ4n) is 2.11. The third-order valence-electron chi connectivity index (χ3n) is 3.13. The molecular formula is C13H19FN2. The zero-order valence-electron chi connectivity index (χ0n) is 9.51. The van der Waals surface area contributed by atoms with Gasteiger partial charge >= 0.3 is 0 Å². The van der Waals surface area contributed by atoms with Gasteiger partial charge in [0, 0.05) is 6.54 Å². The Bertz CT molecular complexity index is 304. The van der Waals surface area contributed by atoms with Gasteiger partial charge in [-0.1, -0.05) is 12.1 Å². The molecule has 2 N–H and O–H groups in total. The maximum absolute atomic E-state index is 12.7. The van der Waals surface area contributed by atoms with Crippen LogP contribution in [0.25, 0.3) is 0 Å². The molecule has 0 spiro atoms. The fraction of sp³-hybridized carbons (Fsp3) is 0.538. The second kappa shape index (κ2) is 5.97. The van der Waals surface area contributed by atoms with E-state index in [9.17, 15) is 4.39 Å². The molecule has 1 aromatic carbocycles. The van der Waals surface area contributed by atoms with Gasteiger partial charge in [-0.05, 0) is 56.1 Å². The summed E-state index contributed by atoms with van der Waals surface area (Å²) in [5.41, 5.74) is 1.15. The van der Waals surface area contributed by atoms with E-state index in [-0.39, 0.29) is 5.82 Å². The van der Waals surface area contributed by atoms with Crippen molar-refractivity contribution in [3.05, 3.63) is 35.6 Å². The second-order valence-corrected chi connectivity index (χ2v) is 4.45. The van der Waals surface area contributed by atoms with Gasteiger partial charge in [-0.3, -0.25) is 0 Å². The van der Waals surface area contributed by atoms with Crippen LogP contribution in [-0.4, -0.2) is 19.6 Å². The minimum atomic E-state index is -0.165. The maximum Gasteiger partial charge on any atom is 0.123 e. The molecule has 0 atom stereocenters. The Labute approximate surface area is 96.2 Å². The molecule has 0 unspecified atom stereocenters. The van der Waals surface area contributed by atoms with Crippen LogP contribution in [0.3, 0.4) is 0 Å². The molecule has 1 aromatic rings. The maximum atomic E-state index is 12.7. The first-order valence-corrected chi connectivity index (χ1v) is 6.00. The summed E-state index contributed by atoms with van der Waals surface area (Å²) in [6.07, 6.45) is 2.52. The van der Waals surface area contributed by atoms with E-state index in [4.69, 9.17) is 0 Å². The lowest BCUT2D eigenvalue weighted by Gasteiger charge is -2.22. The predicted molar refractivity (Wildman–Crippen MR) is 63.7 cm³/mol. The number of benzene rings is 1. The number of rotatable bonds is 4. The zero-order chi connectivity index (χ0) is 11.2. The van der Waals surface area contributed by atoms with Gasteiger partial charge in [0.1, 0.15) is 5.82 Å². The number of halogens is 1. The lowest BCUT2D eigenvalue weighted by Crippen LogP contribution is -2.33. The highest BCUT2D eigenvalue weighted by Gasteiger charge is 2.11. The van der Waals surface area contributed by atoms with E-state index in [1.807, 2.05) is 12.1 Å². The van der Waals surface area contributed by atoms with Crippen LogP contribution in [0.4, 0.5) is 4.39 Å². The largest absolute Gasteiger partial charge is 0.317 e. The average molecular weight is 222 g/mol. The van der Waals surface area contributed by atoms with Crippen LogP contribution in [0.2, 0.25) is 0 Å². The normalized spacial score (nSPS) is 17.6. The Kier molecular flexibility index (Phi) is 4.31. The van der Waals surface area contributed by atoms with Gasteiger partial charge in [-0.15, -0.1) is 0 Å². The summed E-state index contributed by atoms with van der Waals surface area (Å²) >= 11 is 0. The van der Waals surface area contributed by atoms with Crippen LogP contribution >= 0.6 is 0 Å². The quantitative estimate of drug-likeness (QED) is 0.813. The summed E-state index contributed by atoms with van der Waals surface area (Å²) in [6, 6.07) is 6.71. The molecule has 3 heteroatoms. The lowest BCUT2D eigenvalue weighted by molar-refractivity contribution is 0.356. The van der Waals surface area contributed by atoms with E-state index in [2.05, 4.69) is 10.6 Å². The summed E-state index contributed by atoms with van der Waals surface area (Å²) in [6.45, 7) is 4.19. The predicted octanol–water partition coefficient (Wildman–Crippen LogP) is 1.91. The van der Waals surface area contributed by atoms with Gasteiger partial charge in [-0.25, -0.2) is 4.39 Å². The van der Waals surface area contributed by atoms with E-state index >= 15 is 0 Å². The van der Waals surface area contributed by atoms with Gasteiger partial charge < -0.3 is 10.6 Å². The van der Waals surface area contributed by atoms with Crippen molar-refractivity contribution < 1.29 is 4.39 Å². The van der Waals surface area contributed by atoms with Crippen LogP contribution in [0.1, 0.15) is 18.4 Å². The molecule has 2 rings (SSSR count). The van der Waals surface area contributed by atoms with Crippen molar-refractivity contribution in [3.8, 4) is 0 Å². The summed E-state index contributed by atoms with van der Waals surface area (Å²) < 4.78 is 12.7. The smallest absolute Gasteiger partial charge is 0.123 e. The molecule has 1 aliphatic rings. The standard InChI is InChI=1S/C13H19FN2/c14-13-3-1-11(2-4-13)9-16-10-12-5-7-15-8-6-12/h1-4,12,15-16H,5-10H2. The van der Waals surface area contributed by atoms with Crippen LogP contribution in [0.15, 0.2) is 24.3 Å². The molecule has 16 heavy (non-hydrogen) atoms. The first-order chi connectivity index (χ1) is 7.84. The molecule has 0 amide bonds. The summed E-state index contributed by atoms with van der Waals surface area (Å²) in [5, 5.41) is 6.80. The van der Waals surface area contributed by atoms with Gasteiger partial charge in [0.25, 0.3) is 0 Å². The molecule has 1 saturated heterocycles. The molecule has 1 heterocycles. The highest BCUT2D eigenvalue weighted by Crippen LogP contribution is 2.10. The molecular weight excluding hydrogens is 203 g/mol. The summed E-state index contributed by atoms with van der Waals surface area (Å²) in [4.78, 5) is 0. The van der Waals surface area contributed by atoms with Crippen LogP contribution in [0, 0.1) is 11.7 Å². The minimum absolute atomic E-state index is 0.165. The van der Waals surface area contributed by atoms with Gasteiger partial charge in [-0.2, -0.15) is 0 Å². The van der Waals surface area contributed by atoms with Gasteiger partial charge in [0.05, 0.1) is 0 Å². The molecule has 88 valence electrons. The molecule has 0 radical (unpaired) electrons. The Morgan fingerprint density at radius 2 is 1.88 bits per heavy atom. The molecule has 0 bridgehead atoms. The monoisotopic (exact) mass is 222 g/mol. The molecule has 0 saturated carbocycles. The van der Waals surface area contributed by atoms with Crippen molar-refractivity contribution in [1.29, 1.82) is 0 Å². The highest BCUT2D eigenvalue weighted by atomic mass is 19.1. The van der Waals surface area contributed by atoms with E-state index < -0.39 is 0 Å². The Balaban J connectivity index is 1.69. The SMILES string of the molecule is Fc1ccc(CNCC2CCNCC2)cc1. The Morgan fingerprint density at radius 3 is 2.56 bits per heavy atom. The number of piperidine rings is 1. The Hall–Kier alpha value is -0.930. The highest BCUT2D eigenvalue weighted by molar-refractivity contribution is 5.15. The second-order valence-electron chi connectivity index (χ2n) is 4.45. The topological polar surface area (TPSA) is 24.1 Å². The lowest BCUT2D eigenvalue weighted by atomic mass is 9.98. The van der Waals surface area contributed by atoms with Crippen molar-refractivity contribution >= 4 is 0 Å². The van der Waals surface area contributed by atoms with Crippen molar-refractivity contribution in [2.75, 3.05) is 19.6 Å². The van der Waals surface area contributed by atoms with Crippen molar-refractivity contribution in [2.24, 2.45) is 5.92 Å². The van der Waals surface area contributed by atoms with E-state index in [0.717, 1.165) is 37.7 Å². The average Bonchev–Trinajstić information content (AvgIpc) is 2.33. The van der Waals surface area contributed by atoms with E-state index in [1.54, 1.807) is 0 Å². The number of nitrogens with one attached hydrogen (secondary N) is 2. The number of hydrogen-bond acceptors (Lipinski definition) is 2. The molecule has 2 nitrogen and oxygen atoms in total. The molecule has 1 fully saturated rings. The van der Waals surface area contributed by atoms with Crippen molar-refractivity contribution in [2.45, 2.75) is 19.4 Å². The first-order valence-electron chi connectivity index (χ1n) is 6.00. The van der Waals surface area contributed by atoms with Gasteiger partial charge in [0.2, 0.25) is 0 Å².